The average molecular weight is 259 g/mol. The van der Waals surface area contributed by atoms with Crippen LogP contribution in [0.3, 0.4) is 0 Å². The molecule has 0 radical (unpaired) electrons. The van der Waals surface area contributed by atoms with Crippen LogP contribution in [0.2, 0.25) is 0 Å². The second kappa shape index (κ2) is 4.45. The van der Waals surface area contributed by atoms with Gasteiger partial charge in [-0.05, 0) is 25.8 Å². The van der Waals surface area contributed by atoms with Crippen molar-refractivity contribution in [2.45, 2.75) is 37.6 Å². The molecule has 2 aromatic rings. The summed E-state index contributed by atoms with van der Waals surface area (Å²) in [5.41, 5.74) is 0. The van der Waals surface area contributed by atoms with Gasteiger partial charge in [0.15, 0.2) is 5.89 Å². The molecule has 0 bridgehead atoms. The van der Waals surface area contributed by atoms with Gasteiger partial charge < -0.3 is 4.42 Å². The summed E-state index contributed by atoms with van der Waals surface area (Å²) in [6.45, 7) is 2.93. The van der Waals surface area contributed by atoms with Crippen LogP contribution in [0.5, 0.6) is 0 Å². The summed E-state index contributed by atoms with van der Waals surface area (Å²) >= 11 is 0. The van der Waals surface area contributed by atoms with Gasteiger partial charge in [-0.2, -0.15) is 5.10 Å². The van der Waals surface area contributed by atoms with Crippen LogP contribution in [-0.4, -0.2) is 38.2 Å². The molecule has 2 aliphatic rings. The molecular formula is C13H17N5O. The fraction of sp³-hybridized carbons (Fsp3) is 0.615. The molecule has 1 atom stereocenters. The number of likely N-dealkylation sites (tertiary alicyclic amines) is 1. The van der Waals surface area contributed by atoms with Gasteiger partial charge in [0.1, 0.15) is 17.9 Å². The predicted octanol–water partition coefficient (Wildman–Crippen LogP) is 1.66. The third-order valence-corrected chi connectivity index (χ3v) is 3.97. The number of nitrogens with one attached hydrogen (secondary N) is 1. The molecule has 6 heteroatoms. The topological polar surface area (TPSA) is 70.8 Å². The third-order valence-electron chi connectivity index (χ3n) is 3.97. The van der Waals surface area contributed by atoms with E-state index < -0.39 is 0 Å². The molecule has 19 heavy (non-hydrogen) atoms. The minimum Gasteiger partial charge on any atom is -0.444 e. The standard InChI is InChI=1S/C13H17N5O/c1-2-9(1)13-14-5-11(19-13)7-18-4-3-10(6-18)12-15-8-16-17-12/h5,8-10H,1-4,6-7H2,(H,15,16,17). The molecule has 3 heterocycles. The van der Waals surface area contributed by atoms with E-state index in [0.29, 0.717) is 11.8 Å². The average Bonchev–Trinajstić information content (AvgIpc) is 2.90. The Bertz CT molecular complexity index is 545. The zero-order chi connectivity index (χ0) is 12.7. The number of nitrogens with zero attached hydrogens (tertiary/aromatic N) is 4. The Morgan fingerprint density at radius 1 is 1.26 bits per heavy atom. The van der Waals surface area contributed by atoms with E-state index in [1.807, 2.05) is 6.20 Å². The van der Waals surface area contributed by atoms with Crippen LogP contribution in [0.15, 0.2) is 16.9 Å². The van der Waals surface area contributed by atoms with Gasteiger partial charge in [-0.1, -0.05) is 0 Å². The monoisotopic (exact) mass is 259 g/mol. The number of oxazole rings is 1. The third kappa shape index (κ3) is 2.28. The summed E-state index contributed by atoms with van der Waals surface area (Å²) in [5.74, 6) is 3.97. The first-order valence-corrected chi connectivity index (χ1v) is 6.90. The summed E-state index contributed by atoms with van der Waals surface area (Å²) in [5, 5.41) is 6.89. The highest BCUT2D eigenvalue weighted by Gasteiger charge is 2.30. The highest BCUT2D eigenvalue weighted by atomic mass is 16.4. The molecule has 0 spiro atoms. The van der Waals surface area contributed by atoms with Gasteiger partial charge in [-0.15, -0.1) is 0 Å². The molecule has 4 rings (SSSR count). The SMILES string of the molecule is c1n[nH]c(C2CCN(Cc3cnc(C4CC4)o3)C2)n1. The van der Waals surface area contributed by atoms with Crippen molar-refractivity contribution >= 4 is 0 Å². The maximum atomic E-state index is 5.81. The van der Waals surface area contributed by atoms with Crippen molar-refractivity contribution in [1.82, 2.24) is 25.1 Å². The van der Waals surface area contributed by atoms with E-state index in [1.165, 1.54) is 12.8 Å². The van der Waals surface area contributed by atoms with E-state index in [2.05, 4.69) is 25.1 Å². The Morgan fingerprint density at radius 2 is 2.21 bits per heavy atom. The largest absolute Gasteiger partial charge is 0.444 e. The molecule has 1 unspecified atom stereocenters. The lowest BCUT2D eigenvalue weighted by Gasteiger charge is -2.12. The Hall–Kier alpha value is -1.69. The molecule has 100 valence electrons. The van der Waals surface area contributed by atoms with E-state index in [4.69, 9.17) is 4.42 Å². The van der Waals surface area contributed by atoms with Gasteiger partial charge in [-0.25, -0.2) is 9.97 Å². The first-order valence-electron chi connectivity index (χ1n) is 6.90. The maximum absolute atomic E-state index is 5.81. The van der Waals surface area contributed by atoms with Gasteiger partial charge in [-0.3, -0.25) is 10.00 Å². The Morgan fingerprint density at radius 3 is 3.00 bits per heavy atom. The number of H-pyrrole nitrogens is 1. The molecule has 0 amide bonds. The zero-order valence-electron chi connectivity index (χ0n) is 10.7. The van der Waals surface area contributed by atoms with Gasteiger partial charge in [0.2, 0.25) is 0 Å². The number of hydrogen-bond acceptors (Lipinski definition) is 5. The highest BCUT2D eigenvalue weighted by Crippen LogP contribution is 2.39. The molecule has 0 aromatic carbocycles. The van der Waals surface area contributed by atoms with Crippen molar-refractivity contribution < 1.29 is 4.42 Å². The normalized spacial score (nSPS) is 24.1. The summed E-state index contributed by atoms with van der Waals surface area (Å²) in [6.07, 6.45) is 7.05. The van der Waals surface area contributed by atoms with Crippen molar-refractivity contribution in [2.75, 3.05) is 13.1 Å². The van der Waals surface area contributed by atoms with Crippen LogP contribution in [0.25, 0.3) is 0 Å². The summed E-state index contributed by atoms with van der Waals surface area (Å²) in [7, 11) is 0. The molecule has 6 nitrogen and oxygen atoms in total. The molecule has 1 N–H and O–H groups in total. The van der Waals surface area contributed by atoms with Crippen LogP contribution < -0.4 is 0 Å². The molecule has 1 saturated carbocycles. The van der Waals surface area contributed by atoms with Gasteiger partial charge >= 0.3 is 0 Å². The van der Waals surface area contributed by atoms with Gasteiger partial charge in [0.25, 0.3) is 0 Å². The van der Waals surface area contributed by atoms with Crippen molar-refractivity contribution in [3.8, 4) is 0 Å². The van der Waals surface area contributed by atoms with Crippen molar-refractivity contribution in [2.24, 2.45) is 0 Å². The van der Waals surface area contributed by atoms with E-state index in [9.17, 15) is 0 Å². The number of aromatic amines is 1. The number of hydrogen-bond donors (Lipinski definition) is 1. The Labute approximate surface area is 111 Å². The molecule has 2 fully saturated rings. The smallest absolute Gasteiger partial charge is 0.197 e. The Kier molecular flexibility index (Phi) is 2.61. The Balaban J connectivity index is 1.38. The number of rotatable bonds is 4. The second-order valence-corrected chi connectivity index (χ2v) is 5.53. The predicted molar refractivity (Wildman–Crippen MR) is 67.5 cm³/mol. The van der Waals surface area contributed by atoms with Crippen molar-refractivity contribution in [3.05, 3.63) is 30.0 Å². The molecule has 1 aliphatic heterocycles. The molecule has 1 saturated heterocycles. The summed E-state index contributed by atoms with van der Waals surface area (Å²) < 4.78 is 5.81. The minimum absolute atomic E-state index is 0.466. The van der Waals surface area contributed by atoms with E-state index >= 15 is 0 Å². The van der Waals surface area contributed by atoms with Crippen LogP contribution >= 0.6 is 0 Å². The van der Waals surface area contributed by atoms with E-state index in [0.717, 1.165) is 43.5 Å². The van der Waals surface area contributed by atoms with Crippen molar-refractivity contribution in [3.63, 3.8) is 0 Å². The molecule has 2 aromatic heterocycles. The first-order chi connectivity index (χ1) is 9.38. The summed E-state index contributed by atoms with van der Waals surface area (Å²) in [4.78, 5) is 11.0. The maximum Gasteiger partial charge on any atom is 0.197 e. The fourth-order valence-electron chi connectivity index (χ4n) is 2.75. The van der Waals surface area contributed by atoms with Crippen molar-refractivity contribution in [1.29, 1.82) is 0 Å². The van der Waals surface area contributed by atoms with Crippen LogP contribution in [-0.2, 0) is 6.54 Å². The van der Waals surface area contributed by atoms with E-state index in [-0.39, 0.29) is 0 Å². The number of aromatic nitrogens is 4. The lowest BCUT2D eigenvalue weighted by atomic mass is 10.1. The second-order valence-electron chi connectivity index (χ2n) is 5.53. The van der Waals surface area contributed by atoms with Crippen LogP contribution in [0.1, 0.15) is 48.6 Å². The first kappa shape index (κ1) is 11.2. The lowest BCUT2D eigenvalue weighted by molar-refractivity contribution is 0.288. The van der Waals surface area contributed by atoms with Gasteiger partial charge in [0.05, 0.1) is 12.7 Å². The van der Waals surface area contributed by atoms with E-state index in [1.54, 1.807) is 6.33 Å². The zero-order valence-corrected chi connectivity index (χ0v) is 10.7. The summed E-state index contributed by atoms with van der Waals surface area (Å²) in [6, 6.07) is 0. The fourth-order valence-corrected chi connectivity index (χ4v) is 2.75. The van der Waals surface area contributed by atoms with Gasteiger partial charge in [0, 0.05) is 18.4 Å². The quantitative estimate of drug-likeness (QED) is 0.904. The van der Waals surface area contributed by atoms with Crippen LogP contribution in [0.4, 0.5) is 0 Å². The molecule has 1 aliphatic carbocycles. The lowest BCUT2D eigenvalue weighted by Crippen LogP contribution is -2.19. The highest BCUT2D eigenvalue weighted by molar-refractivity contribution is 5.06. The van der Waals surface area contributed by atoms with Crippen LogP contribution in [0, 0.1) is 0 Å². The molecular weight excluding hydrogens is 242 g/mol. The minimum atomic E-state index is 0.466.